The summed E-state index contributed by atoms with van der Waals surface area (Å²) in [4.78, 5) is 5.18. The second-order valence-electron chi connectivity index (χ2n) is 17.1. The third-order valence-electron chi connectivity index (χ3n) is 9.28. The molecule has 0 bridgehead atoms. The smallest absolute Gasteiger partial charge is 0.444 e. The van der Waals surface area contributed by atoms with Crippen LogP contribution in [-0.4, -0.2) is 32.4 Å². The minimum atomic E-state index is -0.755. The number of fused-ring (bicyclic) bond motifs is 2. The monoisotopic (exact) mass is 753 g/mol. The van der Waals surface area contributed by atoms with Gasteiger partial charge in [-0.1, -0.05) is 55.4 Å². The van der Waals surface area contributed by atoms with Gasteiger partial charge in [-0.15, -0.1) is 6.67 Å². The average molecular weight is 754 g/mol. The molecular formula is C45H67FeN2P2+2. The van der Waals surface area contributed by atoms with E-state index in [4.69, 9.17) is 0 Å². The van der Waals surface area contributed by atoms with E-state index in [0.29, 0.717) is 22.6 Å². The van der Waals surface area contributed by atoms with Gasteiger partial charge in [-0.3, -0.25) is 0 Å². The first kappa shape index (κ1) is 44.3. The largest absolute Gasteiger partial charge is 3.00 e. The zero-order valence-electron chi connectivity index (χ0n) is 34.1. The van der Waals surface area contributed by atoms with Gasteiger partial charge < -0.3 is 9.80 Å². The molecule has 3 aliphatic rings. The van der Waals surface area contributed by atoms with E-state index in [1.165, 1.54) is 33.7 Å². The topological polar surface area (TPSA) is 6.48 Å². The molecule has 273 valence electrons. The van der Waals surface area contributed by atoms with E-state index in [2.05, 4.69) is 164 Å². The van der Waals surface area contributed by atoms with Gasteiger partial charge in [0, 0.05) is 11.4 Å². The Labute approximate surface area is 321 Å². The number of nitrogens with zero attached hydrogens (tertiary/aromatic N) is 2. The molecule has 0 spiro atoms. The van der Waals surface area contributed by atoms with Crippen LogP contribution in [-0.2, 0) is 17.1 Å². The zero-order chi connectivity index (χ0) is 36.8. The van der Waals surface area contributed by atoms with Crippen LogP contribution in [0.3, 0.4) is 0 Å². The summed E-state index contributed by atoms with van der Waals surface area (Å²) in [6, 6.07) is 21.6. The van der Waals surface area contributed by atoms with Crippen LogP contribution in [0, 0.1) is 43.5 Å². The Hall–Kier alpha value is -1.88. The number of aryl methyl sites for hydroxylation is 2. The first-order valence-corrected chi connectivity index (χ1v) is 21.7. The van der Waals surface area contributed by atoms with Gasteiger partial charge in [0.2, 0.25) is 0 Å². The maximum Gasteiger partial charge on any atom is 3.00 e. The van der Waals surface area contributed by atoms with Crippen LogP contribution in [0.1, 0.15) is 108 Å². The molecule has 2 nitrogen and oxygen atoms in total. The van der Waals surface area contributed by atoms with E-state index < -0.39 is 15.8 Å². The fraction of sp³-hybridized carbons (Fsp3) is 0.489. The van der Waals surface area contributed by atoms with Crippen molar-refractivity contribution in [2.45, 2.75) is 133 Å². The Morgan fingerprint density at radius 1 is 0.520 bits per heavy atom. The first-order chi connectivity index (χ1) is 22.7. The third kappa shape index (κ3) is 11.6. The molecule has 0 unspecified atom stereocenters. The van der Waals surface area contributed by atoms with Gasteiger partial charge in [0.1, 0.15) is 10.9 Å². The Balaban J connectivity index is 0.000000475. The first-order valence-electron chi connectivity index (χ1n) is 18.4. The number of allylic oxidation sites excluding steroid dienone is 6. The molecule has 5 rings (SSSR count). The summed E-state index contributed by atoms with van der Waals surface area (Å²) in [7, 11) is -1.51. The Kier molecular flexibility index (Phi) is 16.6. The summed E-state index contributed by atoms with van der Waals surface area (Å²) in [5.41, 5.74) is 14.4. The SMILES string of the molecule is CC(C)[PH+](C1=CC(C(C)(C)C)=CC2=C3C=C(C(C)(C)C)C=C([PH+](C(C)C)C(C)C)N3[CH-]N12)C(C)C.Cc1cc[c-]cc1.Cc1cc[c-]cc1.[Fe+3]. The van der Waals surface area contributed by atoms with Gasteiger partial charge in [0.15, 0.2) is 0 Å². The van der Waals surface area contributed by atoms with Crippen molar-refractivity contribution in [1.29, 1.82) is 0 Å². The average Bonchev–Trinajstić information content (AvgIpc) is 3.36. The van der Waals surface area contributed by atoms with E-state index in [1.807, 2.05) is 48.5 Å². The standard InChI is InChI=1S/C31H51N2P2.2C7H7.Fe/c1-20(2)34(21(3)4)28-17-24(30(9,10)11)15-26-27-16-25(31(12,13)14)18-29(33(27)19-32(26)28)35(22(5)6)23(7)8;2*1-7-5-3-2-4-6-7;/h15-23H,1-14H3;2*3-6H,1H3;/q3*-1;+3/p+2. The fourth-order valence-corrected chi connectivity index (χ4v) is 13.3. The predicted molar refractivity (Wildman–Crippen MR) is 223 cm³/mol. The van der Waals surface area contributed by atoms with Crippen molar-refractivity contribution in [1.82, 2.24) is 9.80 Å². The van der Waals surface area contributed by atoms with Crippen molar-refractivity contribution in [3.05, 3.63) is 136 Å². The molecule has 0 saturated heterocycles. The van der Waals surface area contributed by atoms with Gasteiger partial charge in [-0.2, -0.15) is 71.8 Å². The van der Waals surface area contributed by atoms with E-state index in [0.717, 1.165) is 0 Å². The van der Waals surface area contributed by atoms with Crippen LogP contribution in [0.2, 0.25) is 0 Å². The molecule has 3 aliphatic heterocycles. The maximum atomic E-state index is 2.93. The Bertz CT molecular complexity index is 1400. The number of hydrogen-bond acceptors (Lipinski definition) is 2. The molecule has 0 aromatic heterocycles. The van der Waals surface area contributed by atoms with Gasteiger partial charge in [-0.05, 0) is 102 Å². The number of rotatable bonds is 6. The molecule has 2 aromatic rings. The van der Waals surface area contributed by atoms with Crippen molar-refractivity contribution >= 4 is 15.8 Å². The van der Waals surface area contributed by atoms with Gasteiger partial charge in [-0.25, -0.2) is 0 Å². The molecule has 0 amide bonds. The quantitative estimate of drug-likeness (QED) is 0.165. The minimum absolute atomic E-state index is 0. The van der Waals surface area contributed by atoms with Crippen LogP contribution in [0.25, 0.3) is 0 Å². The third-order valence-corrected chi connectivity index (χ3v) is 16.2. The second kappa shape index (κ2) is 18.7. The van der Waals surface area contributed by atoms with Crippen molar-refractivity contribution in [3.8, 4) is 0 Å². The van der Waals surface area contributed by atoms with Crippen molar-refractivity contribution in [2.24, 2.45) is 10.8 Å². The van der Waals surface area contributed by atoms with Crippen LogP contribution in [0.5, 0.6) is 0 Å². The minimum Gasteiger partial charge on any atom is -0.444 e. The van der Waals surface area contributed by atoms with Crippen molar-refractivity contribution in [3.63, 3.8) is 0 Å². The van der Waals surface area contributed by atoms with E-state index in [-0.39, 0.29) is 27.9 Å². The molecule has 0 saturated carbocycles. The van der Waals surface area contributed by atoms with Crippen LogP contribution < -0.4 is 0 Å². The molecular weight excluding hydrogens is 686 g/mol. The van der Waals surface area contributed by atoms with Crippen LogP contribution >= 0.6 is 15.8 Å². The normalized spacial score (nSPS) is 16.0. The molecule has 5 heteroatoms. The van der Waals surface area contributed by atoms with Gasteiger partial charge in [0.25, 0.3) is 0 Å². The Morgan fingerprint density at radius 3 is 1.00 bits per heavy atom. The molecule has 3 heterocycles. The van der Waals surface area contributed by atoms with Crippen molar-refractivity contribution in [2.75, 3.05) is 0 Å². The molecule has 2 aromatic carbocycles. The summed E-state index contributed by atoms with van der Waals surface area (Å²) >= 11 is 0. The number of benzene rings is 2. The summed E-state index contributed by atoms with van der Waals surface area (Å²) in [5, 5.41) is 0. The summed E-state index contributed by atoms with van der Waals surface area (Å²) in [5.74, 6) is 0. The second-order valence-corrected chi connectivity index (χ2v) is 24.5. The van der Waals surface area contributed by atoms with Crippen LogP contribution in [0.4, 0.5) is 0 Å². The molecule has 1 radical (unpaired) electrons. The fourth-order valence-electron chi connectivity index (χ4n) is 6.74. The molecule has 0 N–H and O–H groups in total. The summed E-state index contributed by atoms with van der Waals surface area (Å²) in [6.07, 6.45) is 10.1. The van der Waals surface area contributed by atoms with Crippen LogP contribution in [0.15, 0.2) is 106 Å². The molecule has 0 fully saturated rings. The van der Waals surface area contributed by atoms with Gasteiger partial charge >= 0.3 is 17.1 Å². The molecule has 50 heavy (non-hydrogen) atoms. The zero-order valence-corrected chi connectivity index (χ0v) is 37.2. The molecule has 0 aliphatic carbocycles. The van der Waals surface area contributed by atoms with E-state index in [1.54, 1.807) is 10.9 Å². The number of hydrogen-bond donors (Lipinski definition) is 0. The summed E-state index contributed by atoms with van der Waals surface area (Å²) in [6.45, 7) is 40.2. The van der Waals surface area contributed by atoms with E-state index in [9.17, 15) is 0 Å². The summed E-state index contributed by atoms with van der Waals surface area (Å²) < 4.78 is 0. The van der Waals surface area contributed by atoms with E-state index >= 15 is 0 Å². The molecule has 0 atom stereocenters. The maximum absolute atomic E-state index is 2.93. The van der Waals surface area contributed by atoms with Gasteiger partial charge in [0.05, 0.1) is 38.5 Å². The Morgan fingerprint density at radius 2 is 0.800 bits per heavy atom. The predicted octanol–water partition coefficient (Wildman–Crippen LogP) is 13.2. The van der Waals surface area contributed by atoms with Crippen molar-refractivity contribution < 1.29 is 17.1 Å².